The van der Waals surface area contributed by atoms with Gasteiger partial charge in [0.25, 0.3) is 5.91 Å². The van der Waals surface area contributed by atoms with Crippen LogP contribution in [0.3, 0.4) is 0 Å². The van der Waals surface area contributed by atoms with Crippen LogP contribution in [0.2, 0.25) is 0 Å². The standard InChI is InChI=1S/C28H39NO4/c1-3-4-5-6-7-8-9-10-14-17-26(33-28(31)24-15-12-11-13-16-24)27(30)29-22-23-18-20-25(32-2)21-19-23/h11-13,15-16,18-21,26H,3-10,14,17,22H2,1-2H3,(H,29,30). The number of rotatable bonds is 16. The van der Waals surface area contributed by atoms with E-state index < -0.39 is 12.1 Å². The van der Waals surface area contributed by atoms with Crippen molar-refractivity contribution in [3.63, 3.8) is 0 Å². The van der Waals surface area contributed by atoms with Crippen molar-refractivity contribution in [1.29, 1.82) is 0 Å². The molecule has 0 aliphatic rings. The van der Waals surface area contributed by atoms with Gasteiger partial charge in [0.1, 0.15) is 5.75 Å². The highest BCUT2D eigenvalue weighted by Gasteiger charge is 2.23. The van der Waals surface area contributed by atoms with E-state index >= 15 is 0 Å². The van der Waals surface area contributed by atoms with Crippen LogP contribution in [-0.4, -0.2) is 25.1 Å². The van der Waals surface area contributed by atoms with Crippen LogP contribution in [0, 0.1) is 0 Å². The summed E-state index contributed by atoms with van der Waals surface area (Å²) in [7, 11) is 1.62. The minimum Gasteiger partial charge on any atom is -0.497 e. The summed E-state index contributed by atoms with van der Waals surface area (Å²) >= 11 is 0. The molecule has 0 aromatic heterocycles. The maximum Gasteiger partial charge on any atom is 0.338 e. The number of hydrogen-bond donors (Lipinski definition) is 1. The Morgan fingerprint density at radius 3 is 2.03 bits per heavy atom. The van der Waals surface area contributed by atoms with Crippen molar-refractivity contribution in [2.45, 2.75) is 83.8 Å². The van der Waals surface area contributed by atoms with Crippen LogP contribution in [-0.2, 0) is 16.1 Å². The molecule has 2 aromatic carbocycles. The van der Waals surface area contributed by atoms with E-state index in [4.69, 9.17) is 9.47 Å². The molecule has 0 radical (unpaired) electrons. The summed E-state index contributed by atoms with van der Waals surface area (Å²) in [4.78, 5) is 25.4. The van der Waals surface area contributed by atoms with E-state index in [0.717, 1.165) is 30.6 Å². The second-order valence-corrected chi connectivity index (χ2v) is 8.44. The van der Waals surface area contributed by atoms with Gasteiger partial charge in [-0.15, -0.1) is 0 Å². The lowest BCUT2D eigenvalue weighted by molar-refractivity contribution is -0.130. The number of ether oxygens (including phenoxy) is 2. The zero-order valence-electron chi connectivity index (χ0n) is 20.2. The molecule has 0 fully saturated rings. The minimum atomic E-state index is -0.791. The highest BCUT2D eigenvalue weighted by molar-refractivity contribution is 5.92. The molecule has 33 heavy (non-hydrogen) atoms. The summed E-state index contributed by atoms with van der Waals surface area (Å²) < 4.78 is 10.8. The predicted molar refractivity (Wildman–Crippen MR) is 132 cm³/mol. The Labute approximate surface area is 198 Å². The molecular formula is C28H39NO4. The average Bonchev–Trinajstić information content (AvgIpc) is 2.86. The monoisotopic (exact) mass is 453 g/mol. The first kappa shape index (κ1) is 26.4. The molecule has 2 rings (SSSR count). The van der Waals surface area contributed by atoms with E-state index in [-0.39, 0.29) is 5.91 Å². The molecule has 5 nitrogen and oxygen atoms in total. The van der Waals surface area contributed by atoms with Crippen LogP contribution in [0.15, 0.2) is 54.6 Å². The third kappa shape index (κ3) is 10.6. The number of nitrogens with one attached hydrogen (secondary N) is 1. The molecule has 0 saturated carbocycles. The van der Waals surface area contributed by atoms with Crippen molar-refractivity contribution in [1.82, 2.24) is 5.32 Å². The average molecular weight is 454 g/mol. The lowest BCUT2D eigenvalue weighted by Crippen LogP contribution is -2.37. The lowest BCUT2D eigenvalue weighted by atomic mass is 10.0. The fourth-order valence-corrected chi connectivity index (χ4v) is 3.70. The van der Waals surface area contributed by atoms with Crippen molar-refractivity contribution in [3.8, 4) is 5.75 Å². The molecule has 0 heterocycles. The van der Waals surface area contributed by atoms with Crippen molar-refractivity contribution in [2.24, 2.45) is 0 Å². The maximum absolute atomic E-state index is 12.9. The molecule has 0 bridgehead atoms. The number of carbonyl (C=O) groups is 2. The van der Waals surface area contributed by atoms with Crippen LogP contribution < -0.4 is 10.1 Å². The molecule has 0 aliphatic carbocycles. The third-order valence-corrected chi connectivity index (χ3v) is 5.75. The summed E-state index contributed by atoms with van der Waals surface area (Å²) in [6.45, 7) is 2.61. The van der Waals surface area contributed by atoms with Gasteiger partial charge in [0, 0.05) is 6.54 Å². The summed E-state index contributed by atoms with van der Waals surface area (Å²) in [5, 5.41) is 2.92. The van der Waals surface area contributed by atoms with Crippen molar-refractivity contribution >= 4 is 11.9 Å². The Hall–Kier alpha value is -2.82. The molecule has 0 aliphatic heterocycles. The molecule has 5 heteroatoms. The third-order valence-electron chi connectivity index (χ3n) is 5.75. The Balaban J connectivity index is 1.83. The minimum absolute atomic E-state index is 0.255. The molecule has 0 saturated heterocycles. The number of unbranched alkanes of at least 4 members (excludes halogenated alkanes) is 8. The van der Waals surface area contributed by atoms with Crippen molar-refractivity contribution in [2.75, 3.05) is 7.11 Å². The summed E-state index contributed by atoms with van der Waals surface area (Å²) in [5.74, 6) is 0.0518. The number of esters is 1. The van der Waals surface area contributed by atoms with Gasteiger partial charge in [-0.05, 0) is 42.7 Å². The van der Waals surface area contributed by atoms with E-state index in [2.05, 4.69) is 12.2 Å². The summed E-state index contributed by atoms with van der Waals surface area (Å²) in [6, 6.07) is 16.4. The first-order valence-electron chi connectivity index (χ1n) is 12.3. The largest absolute Gasteiger partial charge is 0.497 e. The highest BCUT2D eigenvalue weighted by Crippen LogP contribution is 2.15. The van der Waals surface area contributed by atoms with Gasteiger partial charge in [-0.3, -0.25) is 4.79 Å². The van der Waals surface area contributed by atoms with Gasteiger partial charge in [-0.25, -0.2) is 4.79 Å². The van der Waals surface area contributed by atoms with Crippen LogP contribution in [0.1, 0.15) is 87.1 Å². The van der Waals surface area contributed by atoms with Gasteiger partial charge in [-0.2, -0.15) is 0 Å². The molecule has 1 N–H and O–H groups in total. The van der Waals surface area contributed by atoms with Gasteiger partial charge in [-0.1, -0.05) is 88.6 Å². The van der Waals surface area contributed by atoms with Crippen LogP contribution in [0.4, 0.5) is 0 Å². The number of hydrogen-bond acceptors (Lipinski definition) is 4. The Bertz CT molecular complexity index is 804. The first-order chi connectivity index (χ1) is 16.1. The van der Waals surface area contributed by atoms with Gasteiger partial charge in [0.15, 0.2) is 6.10 Å². The Morgan fingerprint density at radius 1 is 0.818 bits per heavy atom. The Kier molecular flexibility index (Phi) is 12.7. The Morgan fingerprint density at radius 2 is 1.42 bits per heavy atom. The number of benzene rings is 2. The molecule has 180 valence electrons. The molecule has 0 spiro atoms. The number of amides is 1. The van der Waals surface area contributed by atoms with Crippen molar-refractivity contribution < 1.29 is 19.1 Å². The number of carbonyl (C=O) groups excluding carboxylic acids is 2. The normalized spacial score (nSPS) is 11.6. The molecule has 1 atom stereocenters. The maximum atomic E-state index is 12.9. The van der Waals surface area contributed by atoms with E-state index in [1.54, 1.807) is 31.4 Å². The second-order valence-electron chi connectivity index (χ2n) is 8.44. The van der Waals surface area contributed by atoms with Crippen LogP contribution in [0.25, 0.3) is 0 Å². The molecule has 1 amide bonds. The van der Waals surface area contributed by atoms with Gasteiger partial charge >= 0.3 is 5.97 Å². The first-order valence-corrected chi connectivity index (χ1v) is 12.3. The summed E-state index contributed by atoms with van der Waals surface area (Å²) in [6.07, 6.45) is 10.5. The molecule has 2 aromatic rings. The predicted octanol–water partition coefficient (Wildman–Crippen LogP) is 6.46. The summed E-state index contributed by atoms with van der Waals surface area (Å²) in [5.41, 5.74) is 1.41. The van der Waals surface area contributed by atoms with E-state index in [0.29, 0.717) is 18.5 Å². The quantitative estimate of drug-likeness (QED) is 0.234. The van der Waals surface area contributed by atoms with Crippen LogP contribution in [0.5, 0.6) is 5.75 Å². The van der Waals surface area contributed by atoms with E-state index in [1.807, 2.05) is 30.3 Å². The highest BCUT2D eigenvalue weighted by atomic mass is 16.5. The SMILES string of the molecule is CCCCCCCCCCCC(OC(=O)c1ccccc1)C(=O)NCc1ccc(OC)cc1. The number of methoxy groups -OCH3 is 1. The second kappa shape index (κ2) is 15.9. The molecule has 1 unspecified atom stereocenters. The zero-order valence-corrected chi connectivity index (χ0v) is 20.2. The molecular weight excluding hydrogens is 414 g/mol. The van der Waals surface area contributed by atoms with Crippen molar-refractivity contribution in [3.05, 3.63) is 65.7 Å². The van der Waals surface area contributed by atoms with Gasteiger partial charge < -0.3 is 14.8 Å². The lowest BCUT2D eigenvalue weighted by Gasteiger charge is -2.18. The topological polar surface area (TPSA) is 64.6 Å². The van der Waals surface area contributed by atoms with Crippen LogP contribution >= 0.6 is 0 Å². The smallest absolute Gasteiger partial charge is 0.338 e. The fraction of sp³-hybridized carbons (Fsp3) is 0.500. The van der Waals surface area contributed by atoms with Gasteiger partial charge in [0.2, 0.25) is 0 Å². The van der Waals surface area contributed by atoms with Gasteiger partial charge in [0.05, 0.1) is 12.7 Å². The fourth-order valence-electron chi connectivity index (χ4n) is 3.70. The zero-order chi connectivity index (χ0) is 23.7. The van der Waals surface area contributed by atoms with E-state index in [1.165, 1.54) is 38.5 Å². The van der Waals surface area contributed by atoms with E-state index in [9.17, 15) is 9.59 Å².